The Kier molecular flexibility index (Phi) is 2.49. The first-order chi connectivity index (χ1) is 6.36. The molecule has 2 N–H and O–H groups in total. The van der Waals surface area contributed by atoms with E-state index in [4.69, 9.17) is 15.0 Å². The van der Waals surface area contributed by atoms with Gasteiger partial charge in [0, 0.05) is 19.6 Å². The van der Waals surface area contributed by atoms with E-state index in [1.165, 1.54) is 6.42 Å². The largest absolute Gasteiger partial charge is 0.395 e. The van der Waals surface area contributed by atoms with E-state index in [0.29, 0.717) is 11.6 Å². The van der Waals surface area contributed by atoms with Crippen molar-refractivity contribution in [2.75, 3.05) is 18.9 Å². The fourth-order valence-electron chi connectivity index (χ4n) is 1.66. The van der Waals surface area contributed by atoms with Crippen molar-refractivity contribution >= 4 is 5.69 Å². The van der Waals surface area contributed by atoms with Crippen molar-refractivity contribution in [3.8, 4) is 0 Å². The molecule has 1 fully saturated rings. The highest BCUT2D eigenvalue weighted by atomic mass is 16.5. The van der Waals surface area contributed by atoms with Gasteiger partial charge in [-0.15, -0.1) is 0 Å². The Morgan fingerprint density at radius 3 is 3.15 bits per heavy atom. The van der Waals surface area contributed by atoms with E-state index in [-0.39, 0.29) is 0 Å². The second-order valence-electron chi connectivity index (χ2n) is 3.49. The molecule has 1 saturated heterocycles. The summed E-state index contributed by atoms with van der Waals surface area (Å²) in [4.78, 5) is 0. The number of nitrogen functional groups attached to an aromatic ring is 1. The number of ether oxygens (including phenoxy) is 1. The van der Waals surface area contributed by atoms with Crippen molar-refractivity contribution in [1.29, 1.82) is 0 Å². The summed E-state index contributed by atoms with van der Waals surface area (Å²) in [5, 5.41) is 3.65. The van der Waals surface area contributed by atoms with E-state index in [1.54, 1.807) is 6.20 Å². The average molecular weight is 182 g/mol. The highest BCUT2D eigenvalue weighted by Crippen LogP contribution is 2.21. The lowest BCUT2D eigenvalue weighted by molar-refractivity contribution is 0.0526. The van der Waals surface area contributed by atoms with Gasteiger partial charge < -0.3 is 15.0 Å². The molecule has 2 heterocycles. The molecule has 72 valence electrons. The van der Waals surface area contributed by atoms with E-state index in [1.807, 2.05) is 0 Å². The Labute approximate surface area is 77.0 Å². The maximum Gasteiger partial charge on any atom is 0.159 e. The van der Waals surface area contributed by atoms with Crippen molar-refractivity contribution in [1.82, 2.24) is 5.16 Å². The number of hydrogen-bond donors (Lipinski definition) is 1. The summed E-state index contributed by atoms with van der Waals surface area (Å²) in [5.74, 6) is 1.35. The minimum Gasteiger partial charge on any atom is -0.395 e. The van der Waals surface area contributed by atoms with E-state index in [0.717, 1.165) is 31.8 Å². The van der Waals surface area contributed by atoms with Crippen LogP contribution < -0.4 is 5.73 Å². The maximum atomic E-state index is 5.66. The van der Waals surface area contributed by atoms with Gasteiger partial charge in [-0.3, -0.25) is 0 Å². The standard InChI is InChI=1S/C9H14N2O2/c10-8-5-11-13-9(8)4-7-2-1-3-12-6-7/h5,7H,1-4,6,10H2. The number of rotatable bonds is 2. The second kappa shape index (κ2) is 3.79. The lowest BCUT2D eigenvalue weighted by Crippen LogP contribution is -2.19. The second-order valence-corrected chi connectivity index (χ2v) is 3.49. The molecule has 1 aliphatic rings. The number of hydrogen-bond acceptors (Lipinski definition) is 4. The first-order valence-electron chi connectivity index (χ1n) is 4.63. The Bertz CT molecular complexity index is 266. The van der Waals surface area contributed by atoms with Crippen molar-refractivity contribution in [2.45, 2.75) is 19.3 Å². The molecule has 13 heavy (non-hydrogen) atoms. The zero-order chi connectivity index (χ0) is 9.10. The molecule has 2 rings (SSSR count). The van der Waals surface area contributed by atoms with Gasteiger partial charge in [0.05, 0.1) is 11.9 Å². The molecule has 0 spiro atoms. The summed E-state index contributed by atoms with van der Waals surface area (Å²) >= 11 is 0. The molecule has 0 aromatic carbocycles. The molecule has 1 aliphatic heterocycles. The van der Waals surface area contributed by atoms with Gasteiger partial charge >= 0.3 is 0 Å². The Hall–Kier alpha value is -1.03. The first-order valence-corrected chi connectivity index (χ1v) is 4.63. The summed E-state index contributed by atoms with van der Waals surface area (Å²) in [6.45, 7) is 1.71. The van der Waals surface area contributed by atoms with Gasteiger partial charge in [0.1, 0.15) is 0 Å². The SMILES string of the molecule is Nc1cnoc1CC1CCCOC1. The minimum absolute atomic E-state index is 0.545. The fraction of sp³-hybridized carbons (Fsp3) is 0.667. The van der Waals surface area contributed by atoms with Crippen LogP contribution in [0.15, 0.2) is 10.7 Å². The Balaban J connectivity index is 1.93. The topological polar surface area (TPSA) is 61.3 Å². The van der Waals surface area contributed by atoms with Crippen LogP contribution in [0.5, 0.6) is 0 Å². The van der Waals surface area contributed by atoms with Gasteiger partial charge in [-0.05, 0) is 18.8 Å². The van der Waals surface area contributed by atoms with Gasteiger partial charge in [0.15, 0.2) is 5.76 Å². The van der Waals surface area contributed by atoms with Gasteiger partial charge in [-0.1, -0.05) is 5.16 Å². The lowest BCUT2D eigenvalue weighted by atomic mass is 9.97. The molecule has 1 aromatic heterocycles. The molecular weight excluding hydrogens is 168 g/mol. The van der Waals surface area contributed by atoms with Crippen LogP contribution in [-0.4, -0.2) is 18.4 Å². The van der Waals surface area contributed by atoms with Gasteiger partial charge in [0.25, 0.3) is 0 Å². The van der Waals surface area contributed by atoms with E-state index < -0.39 is 0 Å². The van der Waals surface area contributed by atoms with Crippen LogP contribution in [-0.2, 0) is 11.2 Å². The molecule has 1 atom stereocenters. The molecule has 1 aromatic rings. The van der Waals surface area contributed by atoms with Crippen molar-refractivity contribution in [3.05, 3.63) is 12.0 Å². The molecular formula is C9H14N2O2. The maximum absolute atomic E-state index is 5.66. The van der Waals surface area contributed by atoms with Crippen LogP contribution in [0.4, 0.5) is 5.69 Å². The third-order valence-corrected chi connectivity index (χ3v) is 2.41. The predicted molar refractivity (Wildman–Crippen MR) is 48.2 cm³/mol. The third kappa shape index (κ3) is 2.01. The van der Waals surface area contributed by atoms with Crippen molar-refractivity contribution in [2.24, 2.45) is 5.92 Å². The lowest BCUT2D eigenvalue weighted by Gasteiger charge is -2.20. The average Bonchev–Trinajstić information content (AvgIpc) is 2.54. The highest BCUT2D eigenvalue weighted by Gasteiger charge is 2.17. The number of aromatic nitrogens is 1. The van der Waals surface area contributed by atoms with E-state index in [9.17, 15) is 0 Å². The number of nitrogens with zero attached hydrogens (tertiary/aromatic N) is 1. The van der Waals surface area contributed by atoms with Crippen molar-refractivity contribution < 1.29 is 9.26 Å². The molecule has 4 heteroatoms. The van der Waals surface area contributed by atoms with Crippen molar-refractivity contribution in [3.63, 3.8) is 0 Å². The zero-order valence-corrected chi connectivity index (χ0v) is 7.53. The van der Waals surface area contributed by atoms with Crippen LogP contribution in [0.2, 0.25) is 0 Å². The monoisotopic (exact) mass is 182 g/mol. The normalized spacial score (nSPS) is 23.2. The summed E-state index contributed by atoms with van der Waals surface area (Å²) in [7, 11) is 0. The quantitative estimate of drug-likeness (QED) is 0.747. The van der Waals surface area contributed by atoms with Crippen LogP contribution in [0, 0.1) is 5.92 Å². The summed E-state index contributed by atoms with van der Waals surface area (Å²) < 4.78 is 10.4. The van der Waals surface area contributed by atoms with E-state index in [2.05, 4.69) is 5.16 Å². The first kappa shape index (κ1) is 8.56. The zero-order valence-electron chi connectivity index (χ0n) is 7.53. The summed E-state index contributed by atoms with van der Waals surface area (Å²) in [5.41, 5.74) is 6.32. The van der Waals surface area contributed by atoms with Crippen LogP contribution in [0.1, 0.15) is 18.6 Å². The highest BCUT2D eigenvalue weighted by molar-refractivity contribution is 5.38. The Morgan fingerprint density at radius 1 is 1.62 bits per heavy atom. The van der Waals surface area contributed by atoms with Crippen LogP contribution >= 0.6 is 0 Å². The van der Waals surface area contributed by atoms with Gasteiger partial charge in [-0.25, -0.2) is 0 Å². The Morgan fingerprint density at radius 2 is 2.54 bits per heavy atom. The molecule has 0 aliphatic carbocycles. The number of anilines is 1. The fourth-order valence-corrected chi connectivity index (χ4v) is 1.66. The summed E-state index contributed by atoms with van der Waals surface area (Å²) in [6.07, 6.45) is 4.74. The number of nitrogens with two attached hydrogens (primary N) is 1. The predicted octanol–water partition coefficient (Wildman–Crippen LogP) is 1.23. The third-order valence-electron chi connectivity index (χ3n) is 2.41. The summed E-state index contributed by atoms with van der Waals surface area (Å²) in [6, 6.07) is 0. The molecule has 0 bridgehead atoms. The van der Waals surface area contributed by atoms with Gasteiger partial charge in [0.2, 0.25) is 0 Å². The molecule has 0 amide bonds. The molecule has 4 nitrogen and oxygen atoms in total. The molecule has 1 unspecified atom stereocenters. The van der Waals surface area contributed by atoms with Gasteiger partial charge in [-0.2, -0.15) is 0 Å². The molecule has 0 radical (unpaired) electrons. The van der Waals surface area contributed by atoms with Crippen LogP contribution in [0.25, 0.3) is 0 Å². The molecule has 0 saturated carbocycles. The minimum atomic E-state index is 0.545. The smallest absolute Gasteiger partial charge is 0.159 e. The van der Waals surface area contributed by atoms with E-state index >= 15 is 0 Å². The van der Waals surface area contributed by atoms with Crippen LogP contribution in [0.3, 0.4) is 0 Å².